The molecule has 0 unspecified atom stereocenters. The fraction of sp³-hybridized carbons (Fsp3) is 0.462. The van der Waals surface area contributed by atoms with E-state index in [9.17, 15) is 47.0 Å². The van der Waals surface area contributed by atoms with Gasteiger partial charge in [0, 0.05) is 124 Å². The smallest absolute Gasteiger partial charge is 0.416 e. The number of thioether (sulfide) groups is 1. The molecule has 5 aliphatic rings. The molecule has 5 fully saturated rings. The van der Waals surface area contributed by atoms with Crippen molar-refractivity contribution in [2.45, 2.75) is 175 Å². The third-order valence-electron chi connectivity index (χ3n) is 19.6. The van der Waals surface area contributed by atoms with Crippen molar-refractivity contribution in [2.75, 3.05) is 89.7 Å². The van der Waals surface area contributed by atoms with Crippen molar-refractivity contribution >= 4 is 118 Å². The van der Waals surface area contributed by atoms with Crippen LogP contribution in [-0.4, -0.2) is 165 Å². The Balaban J connectivity index is 0.000000173. The van der Waals surface area contributed by atoms with E-state index in [0.29, 0.717) is 77.7 Å². The van der Waals surface area contributed by atoms with E-state index in [1.165, 1.54) is 35.6 Å². The largest absolute Gasteiger partial charge is 0.444 e. The van der Waals surface area contributed by atoms with E-state index in [1.807, 2.05) is 40.3 Å². The van der Waals surface area contributed by atoms with Gasteiger partial charge in [-0.2, -0.15) is 13.2 Å². The average Bonchev–Trinajstić information content (AvgIpc) is 0.989. The molecule has 0 spiro atoms. The molecule has 23 nitrogen and oxygen atoms in total. The highest BCUT2D eigenvalue weighted by Crippen LogP contribution is 2.37. The van der Waals surface area contributed by atoms with Crippen LogP contribution in [0.25, 0.3) is 0 Å². The molecule has 578 valence electrons. The second-order valence-corrected chi connectivity index (χ2v) is 33.1. The van der Waals surface area contributed by atoms with Gasteiger partial charge in [0.05, 0.1) is 46.4 Å². The zero-order valence-electron chi connectivity index (χ0n) is 61.8. The number of oxazole rings is 1. The monoisotopic (exact) mass is 1560 g/mol. The lowest BCUT2D eigenvalue weighted by Gasteiger charge is -2.37. The zero-order chi connectivity index (χ0) is 77.1. The second kappa shape index (κ2) is 38.3. The van der Waals surface area contributed by atoms with E-state index < -0.39 is 11.7 Å². The highest BCUT2D eigenvalue weighted by atomic mass is 32.2. The van der Waals surface area contributed by atoms with Gasteiger partial charge in [-0.05, 0) is 174 Å². The first-order valence-corrected chi connectivity index (χ1v) is 40.1. The van der Waals surface area contributed by atoms with Crippen LogP contribution >= 0.6 is 45.8 Å². The van der Waals surface area contributed by atoms with Crippen LogP contribution in [0.1, 0.15) is 154 Å². The summed E-state index contributed by atoms with van der Waals surface area (Å²) in [6, 6.07) is 20.0. The summed E-state index contributed by atoms with van der Waals surface area (Å²) in [6.45, 7) is 21.1. The number of likely N-dealkylation sites (tertiary alicyclic amines) is 3. The Morgan fingerprint density at radius 3 is 1.62 bits per heavy atom. The normalized spacial score (nSPS) is 20.2. The van der Waals surface area contributed by atoms with Crippen LogP contribution in [0.15, 0.2) is 144 Å². The SMILES string of the molecule is C=CC(=O)NC1CCC(C(=O)N2CCC[C@@H](Nc3ncc(SCc4ncc(C(C)(C)C)o4)s3)C2)CC1.C=CC(=O)Nc1ccc(C(=O)N2CCC[C@@H](Nc3ncc(N(C)C4CCC(O)CC4)s3)C2)cc1.C=CC(=O)Nc1ccc(C(=O)N2CCC[C@@H](Nc3ncc(N(C)Cc4cccc(C(F)(F)F)c4)s3)C2)cc1. The maximum atomic E-state index is 13.2. The molecule has 3 aliphatic heterocycles. The molecule has 30 heteroatoms. The lowest BCUT2D eigenvalue weighted by molar-refractivity contribution is -0.138. The number of alkyl halides is 3. The highest BCUT2D eigenvalue weighted by molar-refractivity contribution is 8.00. The van der Waals surface area contributed by atoms with Gasteiger partial charge in [0.25, 0.3) is 11.8 Å². The number of hydrogen-bond acceptors (Lipinski definition) is 21. The van der Waals surface area contributed by atoms with Crippen LogP contribution in [-0.2, 0) is 43.1 Å². The molecule has 7 aromatic rings. The van der Waals surface area contributed by atoms with E-state index >= 15 is 0 Å². The molecule has 7 N–H and O–H groups in total. The molecule has 0 bridgehead atoms. The fourth-order valence-electron chi connectivity index (χ4n) is 13.6. The van der Waals surface area contributed by atoms with Crippen molar-refractivity contribution in [3.8, 4) is 0 Å². The number of thiazole rings is 3. The maximum Gasteiger partial charge on any atom is 0.416 e. The summed E-state index contributed by atoms with van der Waals surface area (Å²) in [5.41, 5.74) is 2.21. The predicted molar refractivity (Wildman–Crippen MR) is 424 cm³/mol. The molecule has 3 aromatic carbocycles. The van der Waals surface area contributed by atoms with Gasteiger partial charge in [-0.1, -0.05) is 86.7 Å². The number of aromatic nitrogens is 4. The number of piperidine rings is 3. The molecule has 2 saturated carbocycles. The van der Waals surface area contributed by atoms with Crippen molar-refractivity contribution in [3.63, 3.8) is 0 Å². The van der Waals surface area contributed by atoms with E-state index in [4.69, 9.17) is 4.42 Å². The number of aliphatic hydroxyl groups excluding tert-OH is 1. The van der Waals surface area contributed by atoms with Gasteiger partial charge in [0.1, 0.15) is 15.8 Å². The minimum absolute atomic E-state index is 0.00727. The first-order chi connectivity index (χ1) is 51.7. The van der Waals surface area contributed by atoms with Crippen LogP contribution in [0.3, 0.4) is 0 Å². The van der Waals surface area contributed by atoms with Gasteiger partial charge < -0.3 is 65.9 Å². The lowest BCUT2D eigenvalue weighted by atomic mass is 9.84. The van der Waals surface area contributed by atoms with E-state index in [-0.39, 0.29) is 77.0 Å². The van der Waals surface area contributed by atoms with Crippen LogP contribution in [0.4, 0.5) is 49.9 Å². The van der Waals surface area contributed by atoms with Crippen molar-refractivity contribution in [1.82, 2.24) is 40.0 Å². The number of carbonyl (C=O) groups excluding carboxylic acids is 6. The maximum absolute atomic E-state index is 13.2. The first-order valence-electron chi connectivity index (χ1n) is 36.7. The van der Waals surface area contributed by atoms with Gasteiger partial charge in [-0.25, -0.2) is 19.9 Å². The number of rotatable bonds is 23. The van der Waals surface area contributed by atoms with Crippen LogP contribution in [0.5, 0.6) is 0 Å². The summed E-state index contributed by atoms with van der Waals surface area (Å²) < 4.78 is 46.1. The zero-order valence-corrected chi connectivity index (χ0v) is 65.1. The van der Waals surface area contributed by atoms with Gasteiger partial charge >= 0.3 is 6.18 Å². The third-order valence-corrected chi connectivity index (χ3v) is 23.8. The van der Waals surface area contributed by atoms with Crippen molar-refractivity contribution in [2.24, 2.45) is 5.92 Å². The van der Waals surface area contributed by atoms with Crippen molar-refractivity contribution < 1.29 is 51.5 Å². The fourth-order valence-corrected chi connectivity index (χ4v) is 17.2. The number of halogens is 3. The van der Waals surface area contributed by atoms with Gasteiger partial charge in [0.2, 0.25) is 29.5 Å². The predicted octanol–water partition coefficient (Wildman–Crippen LogP) is 14.3. The lowest BCUT2D eigenvalue weighted by Crippen LogP contribution is -2.48. The number of carbonyl (C=O) groups is 6. The standard InChI is InChI=1S/C27H28F3N5O2S.C26H37N5O3S2.C25H33N5O3S/c1-3-23(36)32-21-11-9-19(10-12-21)25(37)35-13-5-8-22(17-35)33-26-31-15-24(38-26)34(2)16-18-6-4-7-20(14-18)27(28,29)30;1-5-21(32)29-18-10-8-17(9-11-18)24(33)31-12-6-7-19(15-31)30-25-28-14-23(36-25)35-16-22-27-13-20(34-22)26(2,3)4;1-3-22(32)27-18-8-6-17(7-9-18)24(33)30-14-4-5-19(16-30)28-25-26-15-23(34-25)29(2)20-10-12-21(31)13-11-20/h3-4,6-7,9-12,14-15,22H,1,5,8,13,16-17H2,2H3,(H,31,33)(H,32,36);5,13-14,17-19H,1,6-12,15-16H2,2-4H3,(H,28,30)(H,29,32);3,6-9,15,19-21,31H,1,4-5,10-14,16H2,2H3,(H,26,28)(H,27,32)/t22-;17?,18?,19-;19-,20?,21?/m111/s1. The molecule has 12 rings (SSSR count). The number of nitrogens with one attached hydrogen (secondary N) is 6. The number of benzene rings is 3. The first kappa shape index (κ1) is 81.4. The summed E-state index contributed by atoms with van der Waals surface area (Å²) in [4.78, 5) is 102. The Bertz CT molecular complexity index is 4180. The van der Waals surface area contributed by atoms with E-state index in [1.54, 1.807) is 100 Å². The Hall–Kier alpha value is -9.10. The molecule has 6 amide bonds. The van der Waals surface area contributed by atoms with Gasteiger partial charge in [-0.15, -0.1) is 11.8 Å². The quantitative estimate of drug-likeness (QED) is 0.0232. The third kappa shape index (κ3) is 23.7. The molecule has 108 heavy (non-hydrogen) atoms. The molecular formula is C78H98F3N15O8S4. The minimum atomic E-state index is -4.38. The molecule has 4 aromatic heterocycles. The Morgan fingerprint density at radius 1 is 0.602 bits per heavy atom. The highest BCUT2D eigenvalue weighted by Gasteiger charge is 2.35. The van der Waals surface area contributed by atoms with Crippen LogP contribution < -0.4 is 41.7 Å². The molecule has 3 atom stereocenters. The van der Waals surface area contributed by atoms with Crippen molar-refractivity contribution in [1.29, 1.82) is 0 Å². The number of anilines is 7. The summed E-state index contributed by atoms with van der Waals surface area (Å²) >= 11 is 6.36. The second-order valence-electron chi connectivity index (χ2n) is 28.8. The number of nitrogens with zero attached hydrogens (tertiary/aromatic N) is 9. The Kier molecular flexibility index (Phi) is 28.9. The summed E-state index contributed by atoms with van der Waals surface area (Å²) in [6.07, 6.45) is 19.2. The van der Waals surface area contributed by atoms with Gasteiger partial charge in [-0.3, -0.25) is 28.8 Å². The number of aliphatic hydroxyl groups is 1. The van der Waals surface area contributed by atoms with E-state index in [2.05, 4.69) is 104 Å². The summed E-state index contributed by atoms with van der Waals surface area (Å²) in [5, 5.41) is 33.0. The molecule has 7 heterocycles. The van der Waals surface area contributed by atoms with E-state index in [0.717, 1.165) is 151 Å². The Labute approximate surface area is 645 Å². The average molecular weight is 1560 g/mol. The minimum Gasteiger partial charge on any atom is -0.444 e. The van der Waals surface area contributed by atoms with Crippen LogP contribution in [0.2, 0.25) is 0 Å². The summed E-state index contributed by atoms with van der Waals surface area (Å²) in [7, 11) is 3.92. The number of amides is 6. The molecule has 2 aliphatic carbocycles. The Morgan fingerprint density at radius 2 is 1.10 bits per heavy atom. The molecule has 0 radical (unpaired) electrons. The topological polar surface area (TPSA) is 276 Å². The van der Waals surface area contributed by atoms with Gasteiger partial charge in [0.15, 0.2) is 15.4 Å². The van der Waals surface area contributed by atoms with Crippen molar-refractivity contribution in [3.05, 3.63) is 169 Å². The number of hydrogen-bond donors (Lipinski definition) is 7. The van der Waals surface area contributed by atoms with Crippen LogP contribution in [0, 0.1) is 5.92 Å². The summed E-state index contributed by atoms with van der Waals surface area (Å²) in [5.74, 6) is 1.78. The molecular weight excluding hydrogens is 1460 g/mol. The molecule has 3 saturated heterocycles.